The summed E-state index contributed by atoms with van der Waals surface area (Å²) in [4.78, 5) is 4.10. The van der Waals surface area contributed by atoms with Gasteiger partial charge in [-0.1, -0.05) is 54.4 Å². The minimum Gasteiger partial charge on any atom is -0.380 e. The van der Waals surface area contributed by atoms with Crippen LogP contribution in [-0.2, 0) is 5.60 Å². The van der Waals surface area contributed by atoms with Crippen LogP contribution in [0.25, 0.3) is 0 Å². The Labute approximate surface area is 135 Å². The van der Waals surface area contributed by atoms with Crippen molar-refractivity contribution in [1.82, 2.24) is 4.98 Å². The lowest BCUT2D eigenvalue weighted by Crippen LogP contribution is -2.30. The molecule has 1 aromatic heterocycles. The predicted octanol–water partition coefficient (Wildman–Crippen LogP) is 4.96. The predicted molar refractivity (Wildman–Crippen MR) is 87.8 cm³/mol. The fraction of sp³-hybridized carbons (Fsp3) is 0.235. The van der Waals surface area contributed by atoms with Crippen LogP contribution in [0.3, 0.4) is 0 Å². The molecule has 2 atom stereocenters. The van der Waals surface area contributed by atoms with E-state index < -0.39 is 5.60 Å². The Bertz CT molecular complexity index is 642. The molecule has 2 unspecified atom stereocenters. The zero-order valence-corrected chi connectivity index (χ0v) is 13.4. The van der Waals surface area contributed by atoms with Crippen LogP contribution >= 0.6 is 23.2 Å². The number of benzene rings is 1. The smallest absolute Gasteiger partial charge is 0.116 e. The van der Waals surface area contributed by atoms with Gasteiger partial charge in [0.1, 0.15) is 5.60 Å². The third-order valence-corrected chi connectivity index (χ3v) is 4.20. The molecule has 2 aromatic rings. The Kier molecular flexibility index (Phi) is 5.04. The second-order valence-electron chi connectivity index (χ2n) is 4.95. The first-order valence-electron chi connectivity index (χ1n) is 6.70. The highest BCUT2D eigenvalue weighted by Crippen LogP contribution is 2.40. The van der Waals surface area contributed by atoms with Gasteiger partial charge < -0.3 is 5.11 Å². The Balaban J connectivity index is 2.52. The lowest BCUT2D eigenvalue weighted by Gasteiger charge is -2.32. The van der Waals surface area contributed by atoms with Crippen molar-refractivity contribution >= 4 is 23.2 Å². The molecular weight excluding hydrogens is 305 g/mol. The largest absolute Gasteiger partial charge is 0.380 e. The number of hydrogen-bond acceptors (Lipinski definition) is 2. The van der Waals surface area contributed by atoms with E-state index in [0.717, 1.165) is 11.1 Å². The molecule has 2 nitrogen and oxygen atoms in total. The van der Waals surface area contributed by atoms with Gasteiger partial charge in [-0.15, -0.1) is 0 Å². The first-order valence-corrected chi connectivity index (χ1v) is 7.46. The van der Waals surface area contributed by atoms with Crippen molar-refractivity contribution in [3.05, 3.63) is 76.0 Å². The van der Waals surface area contributed by atoms with Crippen LogP contribution in [0.4, 0.5) is 0 Å². The fourth-order valence-corrected chi connectivity index (χ4v) is 3.01. The SMILES string of the molecule is CC=CC(O)(c1cccnc1)C(C)c1ccc(Cl)cc1Cl. The van der Waals surface area contributed by atoms with Gasteiger partial charge in [-0.25, -0.2) is 0 Å². The van der Waals surface area contributed by atoms with Gasteiger partial charge in [0.05, 0.1) is 0 Å². The molecule has 0 bridgehead atoms. The van der Waals surface area contributed by atoms with Crippen LogP contribution in [0.5, 0.6) is 0 Å². The Hall–Kier alpha value is -1.35. The molecule has 0 aliphatic heterocycles. The number of halogens is 2. The first kappa shape index (κ1) is 16.0. The molecule has 2 rings (SSSR count). The maximum Gasteiger partial charge on any atom is 0.116 e. The molecule has 4 heteroatoms. The average molecular weight is 322 g/mol. The zero-order valence-electron chi connectivity index (χ0n) is 11.9. The molecule has 0 saturated heterocycles. The van der Waals surface area contributed by atoms with Crippen LogP contribution in [0.1, 0.15) is 30.9 Å². The molecule has 21 heavy (non-hydrogen) atoms. The summed E-state index contributed by atoms with van der Waals surface area (Å²) in [6, 6.07) is 8.97. The summed E-state index contributed by atoms with van der Waals surface area (Å²) in [7, 11) is 0. The summed E-state index contributed by atoms with van der Waals surface area (Å²) in [6.07, 6.45) is 6.94. The summed E-state index contributed by atoms with van der Waals surface area (Å²) >= 11 is 12.2. The number of hydrogen-bond donors (Lipinski definition) is 1. The van der Waals surface area contributed by atoms with Crippen molar-refractivity contribution in [3.8, 4) is 0 Å². The summed E-state index contributed by atoms with van der Waals surface area (Å²) in [5.74, 6) is -0.248. The highest BCUT2D eigenvalue weighted by molar-refractivity contribution is 6.35. The van der Waals surface area contributed by atoms with E-state index in [0.29, 0.717) is 10.0 Å². The summed E-state index contributed by atoms with van der Waals surface area (Å²) in [6.45, 7) is 3.81. The average Bonchev–Trinajstić information content (AvgIpc) is 2.47. The van der Waals surface area contributed by atoms with Gasteiger partial charge in [-0.3, -0.25) is 4.98 Å². The number of rotatable bonds is 4. The quantitative estimate of drug-likeness (QED) is 0.808. The van der Waals surface area contributed by atoms with Gasteiger partial charge in [0.2, 0.25) is 0 Å². The van der Waals surface area contributed by atoms with Gasteiger partial charge in [0, 0.05) is 33.9 Å². The van der Waals surface area contributed by atoms with Crippen LogP contribution in [0.15, 0.2) is 54.9 Å². The maximum atomic E-state index is 11.2. The fourth-order valence-electron chi connectivity index (χ4n) is 2.43. The van der Waals surface area contributed by atoms with E-state index in [2.05, 4.69) is 4.98 Å². The Morgan fingerprint density at radius 2 is 2.05 bits per heavy atom. The number of aromatic nitrogens is 1. The van der Waals surface area contributed by atoms with Crippen molar-refractivity contribution < 1.29 is 5.11 Å². The molecule has 0 fully saturated rings. The standard InChI is InChI=1S/C17H17Cl2NO/c1-3-8-17(21,13-5-4-9-20-11-13)12(2)15-7-6-14(18)10-16(15)19/h3-12,21H,1-2H3. The van der Waals surface area contributed by atoms with E-state index in [1.807, 2.05) is 32.1 Å². The van der Waals surface area contributed by atoms with Crippen molar-refractivity contribution in [1.29, 1.82) is 0 Å². The maximum absolute atomic E-state index is 11.2. The number of allylic oxidation sites excluding steroid dienone is 1. The lowest BCUT2D eigenvalue weighted by atomic mass is 9.78. The van der Waals surface area contributed by atoms with E-state index in [1.165, 1.54) is 0 Å². The minimum absolute atomic E-state index is 0.248. The third kappa shape index (κ3) is 3.29. The monoisotopic (exact) mass is 321 g/mol. The summed E-state index contributed by atoms with van der Waals surface area (Å²) < 4.78 is 0. The van der Waals surface area contributed by atoms with Gasteiger partial charge in [-0.2, -0.15) is 0 Å². The van der Waals surface area contributed by atoms with E-state index >= 15 is 0 Å². The highest BCUT2D eigenvalue weighted by Gasteiger charge is 2.35. The summed E-state index contributed by atoms with van der Waals surface area (Å²) in [5.41, 5.74) is 0.382. The van der Waals surface area contributed by atoms with E-state index in [4.69, 9.17) is 23.2 Å². The molecular formula is C17H17Cl2NO. The van der Waals surface area contributed by atoms with Gasteiger partial charge >= 0.3 is 0 Å². The van der Waals surface area contributed by atoms with Crippen molar-refractivity contribution in [2.45, 2.75) is 25.4 Å². The van der Waals surface area contributed by atoms with Crippen LogP contribution in [-0.4, -0.2) is 10.1 Å². The van der Waals surface area contributed by atoms with Crippen molar-refractivity contribution in [2.24, 2.45) is 0 Å². The van der Waals surface area contributed by atoms with E-state index in [1.54, 1.807) is 36.7 Å². The second-order valence-corrected chi connectivity index (χ2v) is 5.80. The van der Waals surface area contributed by atoms with Crippen LogP contribution in [0, 0.1) is 0 Å². The topological polar surface area (TPSA) is 33.1 Å². The molecule has 0 aliphatic rings. The van der Waals surface area contributed by atoms with Crippen LogP contribution in [0.2, 0.25) is 10.0 Å². The van der Waals surface area contributed by atoms with Gasteiger partial charge in [0.25, 0.3) is 0 Å². The van der Waals surface area contributed by atoms with E-state index in [9.17, 15) is 5.11 Å². The molecule has 0 radical (unpaired) electrons. The number of aliphatic hydroxyl groups is 1. The Morgan fingerprint density at radius 1 is 1.29 bits per heavy atom. The molecule has 1 aromatic carbocycles. The highest BCUT2D eigenvalue weighted by atomic mass is 35.5. The third-order valence-electron chi connectivity index (χ3n) is 3.63. The normalized spacial score (nSPS) is 15.9. The Morgan fingerprint density at radius 3 is 2.62 bits per heavy atom. The van der Waals surface area contributed by atoms with E-state index in [-0.39, 0.29) is 5.92 Å². The second kappa shape index (κ2) is 6.61. The molecule has 0 saturated carbocycles. The molecule has 0 aliphatic carbocycles. The van der Waals surface area contributed by atoms with Crippen molar-refractivity contribution in [2.75, 3.05) is 0 Å². The zero-order chi connectivity index (χ0) is 15.5. The molecule has 1 heterocycles. The minimum atomic E-state index is -1.18. The van der Waals surface area contributed by atoms with Gasteiger partial charge in [-0.05, 0) is 30.7 Å². The first-order chi connectivity index (χ1) is 9.99. The lowest BCUT2D eigenvalue weighted by molar-refractivity contribution is 0.0634. The number of nitrogens with zero attached hydrogens (tertiary/aromatic N) is 1. The molecule has 1 N–H and O–H groups in total. The molecule has 110 valence electrons. The summed E-state index contributed by atoms with van der Waals surface area (Å²) in [5, 5.41) is 12.3. The number of pyridine rings is 1. The van der Waals surface area contributed by atoms with Crippen LogP contribution < -0.4 is 0 Å². The van der Waals surface area contributed by atoms with Gasteiger partial charge in [0.15, 0.2) is 0 Å². The molecule has 0 spiro atoms. The van der Waals surface area contributed by atoms with Crippen molar-refractivity contribution in [3.63, 3.8) is 0 Å². The molecule has 0 amide bonds.